The number of ether oxygens (including phenoxy) is 2. The van der Waals surface area contributed by atoms with E-state index in [4.69, 9.17) is 19.7 Å². The molecule has 0 bridgehead atoms. The maximum Gasteiger partial charge on any atom is 0.335 e. The van der Waals surface area contributed by atoms with Gasteiger partial charge in [0.15, 0.2) is 0 Å². The Morgan fingerprint density at radius 3 is 1.30 bits per heavy atom. The van der Waals surface area contributed by atoms with Gasteiger partial charge in [0, 0.05) is 11.1 Å². The van der Waals surface area contributed by atoms with Crippen LogP contribution in [0.2, 0.25) is 0 Å². The zero-order valence-corrected chi connectivity index (χ0v) is 21.5. The molecule has 0 saturated heterocycles. The molecule has 2 aromatic heterocycles. The summed E-state index contributed by atoms with van der Waals surface area (Å²) in [5.41, 5.74) is 5.19. The Balaban J connectivity index is 0.000000161. The fourth-order valence-electron chi connectivity index (χ4n) is 4.06. The lowest BCUT2D eigenvalue weighted by atomic mass is 10.2. The summed E-state index contributed by atoms with van der Waals surface area (Å²) in [6.45, 7) is 0. The van der Waals surface area contributed by atoms with E-state index in [1.807, 2.05) is 48.5 Å². The lowest BCUT2D eigenvalue weighted by molar-refractivity contribution is 0.0686. The van der Waals surface area contributed by atoms with Crippen LogP contribution in [0.4, 0.5) is 0 Å². The van der Waals surface area contributed by atoms with Crippen molar-refractivity contribution in [2.45, 2.75) is 0 Å². The number of benzene rings is 4. The van der Waals surface area contributed by atoms with Crippen LogP contribution in [0.1, 0.15) is 20.7 Å². The van der Waals surface area contributed by atoms with E-state index >= 15 is 0 Å². The van der Waals surface area contributed by atoms with Crippen molar-refractivity contribution in [2.24, 2.45) is 0 Å². The average Bonchev–Trinajstić information content (AvgIpc) is 3.61. The third kappa shape index (κ3) is 5.46. The van der Waals surface area contributed by atoms with Gasteiger partial charge >= 0.3 is 11.9 Å². The second kappa shape index (κ2) is 11.0. The van der Waals surface area contributed by atoms with Gasteiger partial charge in [0.25, 0.3) is 0 Å². The maximum absolute atomic E-state index is 10.9. The molecule has 0 spiro atoms. The molecule has 4 aromatic carbocycles. The highest BCUT2D eigenvalue weighted by Crippen LogP contribution is 2.25. The summed E-state index contributed by atoms with van der Waals surface area (Å²) in [5, 5.41) is 18.0. The number of imidazole rings is 2. The Morgan fingerprint density at radius 1 is 0.600 bits per heavy atom. The molecule has 0 amide bonds. The van der Waals surface area contributed by atoms with E-state index in [1.165, 1.54) is 0 Å². The summed E-state index contributed by atoms with van der Waals surface area (Å²) in [7, 11) is 3.23. The minimum Gasteiger partial charge on any atom is -0.497 e. The number of hydrogen-bond donors (Lipinski definition) is 4. The molecule has 0 unspecified atom stereocenters. The third-order valence-electron chi connectivity index (χ3n) is 6.18. The SMILES string of the molecule is COc1ccc(-c2nc3ccc(C(=O)O)cc3[nH]2)cc1.COc1ccc(-c2nc3ccc(C(=O)O)cc3[nH]2)cc1. The van der Waals surface area contributed by atoms with Gasteiger partial charge in [-0.1, -0.05) is 0 Å². The van der Waals surface area contributed by atoms with Gasteiger partial charge in [0.2, 0.25) is 0 Å². The molecule has 0 aliphatic carbocycles. The molecule has 0 atom stereocenters. The van der Waals surface area contributed by atoms with Crippen molar-refractivity contribution in [1.29, 1.82) is 0 Å². The summed E-state index contributed by atoms with van der Waals surface area (Å²) in [6, 6.07) is 24.6. The van der Waals surface area contributed by atoms with Crippen LogP contribution in [0.25, 0.3) is 44.8 Å². The number of rotatable bonds is 6. The molecule has 6 aromatic rings. The predicted molar refractivity (Wildman–Crippen MR) is 150 cm³/mol. The van der Waals surface area contributed by atoms with Crippen molar-refractivity contribution in [1.82, 2.24) is 19.9 Å². The number of aromatic carboxylic acids is 2. The van der Waals surface area contributed by atoms with Crippen LogP contribution >= 0.6 is 0 Å². The van der Waals surface area contributed by atoms with E-state index in [0.29, 0.717) is 22.7 Å². The van der Waals surface area contributed by atoms with Gasteiger partial charge in [-0.25, -0.2) is 19.6 Å². The first kappa shape index (κ1) is 26.0. The van der Waals surface area contributed by atoms with Crippen LogP contribution in [0, 0.1) is 0 Å². The molecule has 40 heavy (non-hydrogen) atoms. The average molecular weight is 537 g/mol. The molecule has 0 aliphatic heterocycles. The fourth-order valence-corrected chi connectivity index (χ4v) is 4.06. The summed E-state index contributed by atoms with van der Waals surface area (Å²) < 4.78 is 10.2. The first-order valence-electron chi connectivity index (χ1n) is 12.1. The smallest absolute Gasteiger partial charge is 0.335 e. The summed E-state index contributed by atoms with van der Waals surface area (Å²) in [6.07, 6.45) is 0. The molecule has 10 heteroatoms. The number of fused-ring (bicyclic) bond motifs is 2. The van der Waals surface area contributed by atoms with Gasteiger partial charge in [-0.15, -0.1) is 0 Å². The standard InChI is InChI=1S/2C15H12N2O3/c2*1-20-11-5-2-9(3-6-11)14-16-12-7-4-10(15(18)19)8-13(12)17-14/h2*2-8H,1H3,(H,16,17)(H,18,19). The minimum atomic E-state index is -0.951. The molecule has 0 radical (unpaired) electrons. The van der Waals surface area contributed by atoms with Crippen molar-refractivity contribution < 1.29 is 29.3 Å². The van der Waals surface area contributed by atoms with Gasteiger partial charge < -0.3 is 29.7 Å². The van der Waals surface area contributed by atoms with Gasteiger partial charge in [0.05, 0.1) is 47.4 Å². The van der Waals surface area contributed by atoms with Crippen LogP contribution in [-0.4, -0.2) is 56.3 Å². The third-order valence-corrected chi connectivity index (χ3v) is 6.18. The molecule has 4 N–H and O–H groups in total. The molecule has 6 rings (SSSR count). The Labute approximate surface area is 227 Å². The second-order valence-corrected chi connectivity index (χ2v) is 8.70. The molecule has 0 fully saturated rings. The number of hydrogen-bond acceptors (Lipinski definition) is 6. The molecule has 2 heterocycles. The van der Waals surface area contributed by atoms with Gasteiger partial charge in [0.1, 0.15) is 23.1 Å². The summed E-state index contributed by atoms with van der Waals surface area (Å²) in [4.78, 5) is 37.0. The normalized spacial score (nSPS) is 10.7. The van der Waals surface area contributed by atoms with Crippen molar-refractivity contribution in [3.05, 3.63) is 96.1 Å². The molecule has 10 nitrogen and oxygen atoms in total. The van der Waals surface area contributed by atoms with Gasteiger partial charge in [-0.3, -0.25) is 0 Å². The summed E-state index contributed by atoms with van der Waals surface area (Å²) >= 11 is 0. The number of aromatic nitrogens is 4. The van der Waals surface area contributed by atoms with Crippen LogP contribution in [0.3, 0.4) is 0 Å². The molecule has 0 aliphatic rings. The van der Waals surface area contributed by atoms with E-state index in [2.05, 4.69) is 19.9 Å². The molecule has 0 saturated carbocycles. The van der Waals surface area contributed by atoms with Gasteiger partial charge in [-0.05, 0) is 84.9 Å². The summed E-state index contributed by atoms with van der Waals surface area (Å²) in [5.74, 6) is 1.05. The zero-order chi connectivity index (χ0) is 28.2. The highest BCUT2D eigenvalue weighted by atomic mass is 16.5. The Morgan fingerprint density at radius 2 is 0.975 bits per heavy atom. The number of carbonyl (C=O) groups is 2. The quantitative estimate of drug-likeness (QED) is 0.206. The largest absolute Gasteiger partial charge is 0.497 e. The van der Waals surface area contributed by atoms with Crippen LogP contribution in [-0.2, 0) is 0 Å². The van der Waals surface area contributed by atoms with E-state index in [1.54, 1.807) is 50.6 Å². The topological polar surface area (TPSA) is 150 Å². The number of methoxy groups -OCH3 is 2. The van der Waals surface area contributed by atoms with Crippen molar-refractivity contribution in [2.75, 3.05) is 14.2 Å². The van der Waals surface area contributed by atoms with Crippen molar-refractivity contribution >= 4 is 34.0 Å². The predicted octanol–water partition coefficient (Wildman–Crippen LogP) is 5.87. The van der Waals surface area contributed by atoms with Gasteiger partial charge in [-0.2, -0.15) is 0 Å². The van der Waals surface area contributed by atoms with Crippen molar-refractivity contribution in [3.8, 4) is 34.3 Å². The van der Waals surface area contributed by atoms with Crippen LogP contribution in [0.5, 0.6) is 11.5 Å². The fraction of sp³-hybridized carbons (Fsp3) is 0.0667. The number of nitrogens with one attached hydrogen (secondary N) is 2. The number of nitrogens with zero attached hydrogens (tertiary/aromatic N) is 2. The number of carboxylic acid groups (broad SMARTS) is 2. The van der Waals surface area contributed by atoms with Crippen molar-refractivity contribution in [3.63, 3.8) is 0 Å². The molecule has 200 valence electrons. The first-order valence-corrected chi connectivity index (χ1v) is 12.1. The zero-order valence-electron chi connectivity index (χ0n) is 21.5. The number of aromatic amines is 2. The highest BCUT2D eigenvalue weighted by Gasteiger charge is 2.10. The number of H-pyrrole nitrogens is 2. The van der Waals surface area contributed by atoms with Crippen LogP contribution < -0.4 is 9.47 Å². The Hall–Kier alpha value is -5.64. The Bertz CT molecular complexity index is 1690. The van der Waals surface area contributed by atoms with E-state index < -0.39 is 11.9 Å². The minimum absolute atomic E-state index is 0.238. The van der Waals surface area contributed by atoms with E-state index in [-0.39, 0.29) is 11.1 Å². The number of carboxylic acids is 2. The first-order chi connectivity index (χ1) is 19.3. The maximum atomic E-state index is 10.9. The van der Waals surface area contributed by atoms with E-state index in [0.717, 1.165) is 33.7 Å². The Kier molecular flexibility index (Phi) is 7.14. The lowest BCUT2D eigenvalue weighted by Gasteiger charge is -2.00. The second-order valence-electron chi connectivity index (χ2n) is 8.70. The van der Waals surface area contributed by atoms with Crippen LogP contribution in [0.15, 0.2) is 84.9 Å². The lowest BCUT2D eigenvalue weighted by Crippen LogP contribution is -1.94. The monoisotopic (exact) mass is 536 g/mol. The molecular weight excluding hydrogens is 512 g/mol. The molecular formula is C30H24N4O6. The highest BCUT2D eigenvalue weighted by molar-refractivity contribution is 5.93. The van der Waals surface area contributed by atoms with E-state index in [9.17, 15) is 9.59 Å².